The number of carbonyl (C=O) groups excluding carboxylic acids is 1. The number of rotatable bonds is 5. The van der Waals surface area contributed by atoms with E-state index in [-0.39, 0.29) is 11.9 Å². The molecular formula is C12H17BrN2O. The molecule has 0 radical (unpaired) electrons. The molecule has 3 N–H and O–H groups in total. The second-order valence-corrected chi connectivity index (χ2v) is 4.65. The molecule has 0 aliphatic rings. The van der Waals surface area contributed by atoms with Gasteiger partial charge in [-0.2, -0.15) is 0 Å². The second kappa shape index (κ2) is 6.66. The van der Waals surface area contributed by atoms with E-state index in [1.54, 1.807) is 0 Å². The summed E-state index contributed by atoms with van der Waals surface area (Å²) < 4.78 is 1.04. The molecule has 16 heavy (non-hydrogen) atoms. The van der Waals surface area contributed by atoms with Crippen LogP contribution in [-0.2, 0) is 4.79 Å². The summed E-state index contributed by atoms with van der Waals surface area (Å²) in [6.45, 7) is 2.53. The Morgan fingerprint density at radius 1 is 1.44 bits per heavy atom. The molecule has 1 aromatic rings. The van der Waals surface area contributed by atoms with E-state index in [2.05, 4.69) is 21.2 Å². The van der Waals surface area contributed by atoms with Crippen LogP contribution in [0.5, 0.6) is 0 Å². The predicted octanol–water partition coefficient (Wildman–Crippen LogP) is 2.37. The number of hydrogen-bond donors (Lipinski definition) is 2. The van der Waals surface area contributed by atoms with Gasteiger partial charge in [0, 0.05) is 10.9 Å². The van der Waals surface area contributed by atoms with Gasteiger partial charge in [-0.1, -0.05) is 28.1 Å². The molecule has 0 aliphatic heterocycles. The van der Waals surface area contributed by atoms with Gasteiger partial charge in [0.15, 0.2) is 0 Å². The Labute approximate surface area is 105 Å². The SMILES string of the molecule is C[C@H](NC(=O)CCCN)c1ccc(Br)cc1. The van der Waals surface area contributed by atoms with Crippen molar-refractivity contribution in [2.75, 3.05) is 6.54 Å². The normalized spacial score (nSPS) is 12.2. The lowest BCUT2D eigenvalue weighted by Gasteiger charge is -2.14. The van der Waals surface area contributed by atoms with Gasteiger partial charge >= 0.3 is 0 Å². The third-order valence-corrected chi connectivity index (χ3v) is 2.88. The van der Waals surface area contributed by atoms with Crippen molar-refractivity contribution in [2.24, 2.45) is 5.73 Å². The van der Waals surface area contributed by atoms with Crippen LogP contribution < -0.4 is 11.1 Å². The number of hydrogen-bond acceptors (Lipinski definition) is 2. The average Bonchev–Trinajstić information content (AvgIpc) is 2.27. The second-order valence-electron chi connectivity index (χ2n) is 3.73. The van der Waals surface area contributed by atoms with Gasteiger partial charge in [-0.3, -0.25) is 4.79 Å². The van der Waals surface area contributed by atoms with Gasteiger partial charge < -0.3 is 11.1 Å². The van der Waals surface area contributed by atoms with Gasteiger partial charge in [-0.05, 0) is 37.6 Å². The van der Waals surface area contributed by atoms with Crippen molar-refractivity contribution in [1.29, 1.82) is 0 Å². The number of halogens is 1. The molecule has 0 aliphatic carbocycles. The zero-order valence-corrected chi connectivity index (χ0v) is 11.0. The Bertz CT molecular complexity index is 337. The number of amides is 1. The monoisotopic (exact) mass is 284 g/mol. The van der Waals surface area contributed by atoms with Crippen LogP contribution in [0.1, 0.15) is 31.4 Å². The highest BCUT2D eigenvalue weighted by molar-refractivity contribution is 9.10. The molecule has 0 saturated heterocycles. The third-order valence-electron chi connectivity index (χ3n) is 2.36. The fraction of sp³-hybridized carbons (Fsp3) is 0.417. The van der Waals surface area contributed by atoms with Crippen LogP contribution in [0.2, 0.25) is 0 Å². The molecule has 0 unspecified atom stereocenters. The van der Waals surface area contributed by atoms with Gasteiger partial charge in [0.2, 0.25) is 5.91 Å². The van der Waals surface area contributed by atoms with Crippen molar-refractivity contribution in [1.82, 2.24) is 5.32 Å². The largest absolute Gasteiger partial charge is 0.350 e. The molecule has 0 fully saturated rings. The molecule has 0 aromatic heterocycles. The first-order valence-corrected chi connectivity index (χ1v) is 6.17. The van der Waals surface area contributed by atoms with E-state index >= 15 is 0 Å². The highest BCUT2D eigenvalue weighted by atomic mass is 79.9. The van der Waals surface area contributed by atoms with Gasteiger partial charge in [0.05, 0.1) is 6.04 Å². The van der Waals surface area contributed by atoms with Gasteiger partial charge in [-0.25, -0.2) is 0 Å². The molecule has 0 bridgehead atoms. The Kier molecular flexibility index (Phi) is 5.49. The van der Waals surface area contributed by atoms with E-state index in [1.807, 2.05) is 31.2 Å². The standard InChI is InChI=1S/C12H17BrN2O/c1-9(15-12(16)3-2-8-14)10-4-6-11(13)7-5-10/h4-7,9H,2-3,8,14H2,1H3,(H,15,16)/t9-/m0/s1. The molecule has 4 heteroatoms. The van der Waals surface area contributed by atoms with Crippen LogP contribution in [0.25, 0.3) is 0 Å². The minimum Gasteiger partial charge on any atom is -0.350 e. The van der Waals surface area contributed by atoms with E-state index in [0.29, 0.717) is 13.0 Å². The maximum Gasteiger partial charge on any atom is 0.220 e. The van der Waals surface area contributed by atoms with E-state index in [1.165, 1.54) is 0 Å². The van der Waals surface area contributed by atoms with E-state index in [4.69, 9.17) is 5.73 Å². The topological polar surface area (TPSA) is 55.1 Å². The summed E-state index contributed by atoms with van der Waals surface area (Å²) >= 11 is 3.38. The predicted molar refractivity (Wildman–Crippen MR) is 69.0 cm³/mol. The van der Waals surface area contributed by atoms with E-state index in [9.17, 15) is 4.79 Å². The Morgan fingerprint density at radius 3 is 2.62 bits per heavy atom. The van der Waals surface area contributed by atoms with Crippen LogP contribution in [0.3, 0.4) is 0 Å². The zero-order chi connectivity index (χ0) is 12.0. The summed E-state index contributed by atoms with van der Waals surface area (Å²) in [5, 5.41) is 2.94. The van der Waals surface area contributed by atoms with Crippen LogP contribution in [0.15, 0.2) is 28.7 Å². The third kappa shape index (κ3) is 4.33. The van der Waals surface area contributed by atoms with Crippen molar-refractivity contribution in [3.05, 3.63) is 34.3 Å². The van der Waals surface area contributed by atoms with Crippen molar-refractivity contribution in [3.63, 3.8) is 0 Å². The Morgan fingerprint density at radius 2 is 2.06 bits per heavy atom. The molecule has 1 atom stereocenters. The minimum absolute atomic E-state index is 0.0402. The van der Waals surface area contributed by atoms with Crippen molar-refractivity contribution >= 4 is 21.8 Å². The smallest absolute Gasteiger partial charge is 0.220 e. The van der Waals surface area contributed by atoms with Crippen LogP contribution in [0, 0.1) is 0 Å². The van der Waals surface area contributed by atoms with E-state index in [0.717, 1.165) is 16.5 Å². The quantitative estimate of drug-likeness (QED) is 0.872. The van der Waals surface area contributed by atoms with Crippen molar-refractivity contribution in [2.45, 2.75) is 25.8 Å². The summed E-state index contributed by atoms with van der Waals surface area (Å²) in [7, 11) is 0. The first-order chi connectivity index (χ1) is 7.63. The molecule has 0 heterocycles. The highest BCUT2D eigenvalue weighted by Gasteiger charge is 2.08. The van der Waals surface area contributed by atoms with Crippen LogP contribution >= 0.6 is 15.9 Å². The van der Waals surface area contributed by atoms with Gasteiger partial charge in [0.25, 0.3) is 0 Å². The first kappa shape index (κ1) is 13.2. The number of benzene rings is 1. The summed E-state index contributed by atoms with van der Waals surface area (Å²) in [5.74, 6) is 0.0564. The summed E-state index contributed by atoms with van der Waals surface area (Å²) in [5.41, 5.74) is 6.45. The van der Waals surface area contributed by atoms with Crippen molar-refractivity contribution in [3.8, 4) is 0 Å². The van der Waals surface area contributed by atoms with Gasteiger partial charge in [0.1, 0.15) is 0 Å². The lowest BCUT2D eigenvalue weighted by atomic mass is 10.1. The summed E-state index contributed by atoms with van der Waals surface area (Å²) in [6.07, 6.45) is 1.23. The molecule has 1 amide bonds. The fourth-order valence-electron chi connectivity index (χ4n) is 1.41. The molecular weight excluding hydrogens is 268 g/mol. The lowest BCUT2D eigenvalue weighted by Crippen LogP contribution is -2.26. The van der Waals surface area contributed by atoms with Gasteiger partial charge in [-0.15, -0.1) is 0 Å². The molecule has 1 aromatic carbocycles. The number of nitrogens with two attached hydrogens (primary N) is 1. The lowest BCUT2D eigenvalue weighted by molar-refractivity contribution is -0.121. The molecule has 0 saturated carbocycles. The molecule has 88 valence electrons. The summed E-state index contributed by atoms with van der Waals surface area (Å²) in [4.78, 5) is 11.5. The van der Waals surface area contributed by atoms with E-state index < -0.39 is 0 Å². The highest BCUT2D eigenvalue weighted by Crippen LogP contribution is 2.16. The Hall–Kier alpha value is -0.870. The first-order valence-electron chi connectivity index (χ1n) is 5.38. The number of nitrogens with one attached hydrogen (secondary N) is 1. The van der Waals surface area contributed by atoms with Crippen LogP contribution in [-0.4, -0.2) is 12.5 Å². The molecule has 1 rings (SSSR count). The van der Waals surface area contributed by atoms with Crippen molar-refractivity contribution < 1.29 is 4.79 Å². The maximum absolute atomic E-state index is 11.5. The number of carbonyl (C=O) groups is 1. The molecule has 3 nitrogen and oxygen atoms in total. The maximum atomic E-state index is 11.5. The summed E-state index contributed by atoms with van der Waals surface area (Å²) in [6, 6.07) is 7.98. The minimum atomic E-state index is 0.0402. The zero-order valence-electron chi connectivity index (χ0n) is 9.37. The average molecular weight is 285 g/mol. The Balaban J connectivity index is 2.48. The molecule has 0 spiro atoms. The fourth-order valence-corrected chi connectivity index (χ4v) is 1.68. The van der Waals surface area contributed by atoms with Crippen LogP contribution in [0.4, 0.5) is 0 Å².